The van der Waals surface area contributed by atoms with E-state index in [0.29, 0.717) is 24.5 Å². The Kier molecular flexibility index (Phi) is 7.26. The summed E-state index contributed by atoms with van der Waals surface area (Å²) in [6.07, 6.45) is 2.04. The summed E-state index contributed by atoms with van der Waals surface area (Å²) in [6, 6.07) is 0. The van der Waals surface area contributed by atoms with E-state index in [1.54, 1.807) is 11.8 Å². The van der Waals surface area contributed by atoms with Crippen molar-refractivity contribution in [2.24, 2.45) is 5.92 Å². The molecule has 3 nitrogen and oxygen atoms in total. The van der Waals surface area contributed by atoms with Crippen molar-refractivity contribution in [2.45, 2.75) is 26.7 Å². The molecule has 0 aromatic rings. The molecule has 15 heavy (non-hydrogen) atoms. The summed E-state index contributed by atoms with van der Waals surface area (Å²) in [5.41, 5.74) is 0. The number of rotatable bonds is 8. The van der Waals surface area contributed by atoms with Crippen LogP contribution in [0, 0.1) is 5.92 Å². The van der Waals surface area contributed by atoms with Crippen molar-refractivity contribution in [2.75, 3.05) is 23.5 Å². The zero-order chi connectivity index (χ0) is 11.9. The highest BCUT2D eigenvalue weighted by Crippen LogP contribution is 2.09. The molecule has 0 aliphatic carbocycles. The number of carbonyl (C=O) groups is 1. The Balaban J connectivity index is 3.50. The highest BCUT2D eigenvalue weighted by Gasteiger charge is 2.06. The van der Waals surface area contributed by atoms with Gasteiger partial charge in [-0.1, -0.05) is 13.8 Å². The van der Waals surface area contributed by atoms with Crippen LogP contribution in [0.25, 0.3) is 0 Å². The second-order valence-corrected chi connectivity index (χ2v) is 7.47. The third-order valence-corrected chi connectivity index (χ3v) is 4.14. The molecule has 0 aliphatic rings. The monoisotopic (exact) mass is 252 g/mol. The highest BCUT2D eigenvalue weighted by atomic mass is 32.2. The first-order valence-electron chi connectivity index (χ1n) is 5.08. The van der Waals surface area contributed by atoms with Crippen LogP contribution in [-0.2, 0) is 14.6 Å². The van der Waals surface area contributed by atoms with E-state index >= 15 is 0 Å². The molecular weight excluding hydrogens is 232 g/mol. The average Bonchev–Trinajstić information content (AvgIpc) is 2.00. The molecule has 0 radical (unpaired) electrons. The average molecular weight is 252 g/mol. The van der Waals surface area contributed by atoms with E-state index in [1.165, 1.54) is 6.26 Å². The molecule has 0 saturated carbocycles. The van der Waals surface area contributed by atoms with Gasteiger partial charge in [0.15, 0.2) is 0 Å². The number of hydrogen-bond acceptors (Lipinski definition) is 4. The Morgan fingerprint density at radius 3 is 2.40 bits per heavy atom. The van der Waals surface area contributed by atoms with Gasteiger partial charge in [-0.15, -0.1) is 0 Å². The zero-order valence-electron chi connectivity index (χ0n) is 9.65. The molecule has 0 atom stereocenters. The van der Waals surface area contributed by atoms with Gasteiger partial charge in [-0.3, -0.25) is 4.79 Å². The normalized spacial score (nSPS) is 12.0. The molecule has 0 rings (SSSR count). The maximum Gasteiger partial charge on any atom is 0.147 e. The van der Waals surface area contributed by atoms with Crippen molar-refractivity contribution in [3.05, 3.63) is 0 Å². The van der Waals surface area contributed by atoms with Crippen LogP contribution >= 0.6 is 11.8 Å². The molecule has 0 aliphatic heterocycles. The first kappa shape index (κ1) is 15.0. The molecule has 0 amide bonds. The topological polar surface area (TPSA) is 51.2 Å². The van der Waals surface area contributed by atoms with Crippen LogP contribution in [-0.4, -0.2) is 37.7 Å². The Bertz CT molecular complexity index is 281. The zero-order valence-corrected chi connectivity index (χ0v) is 11.3. The minimum atomic E-state index is -2.91. The lowest BCUT2D eigenvalue weighted by Gasteiger charge is -2.03. The lowest BCUT2D eigenvalue weighted by molar-refractivity contribution is -0.116. The number of ketones is 1. The maximum atomic E-state index is 11.3. The van der Waals surface area contributed by atoms with Crippen LogP contribution in [0.15, 0.2) is 0 Å². The van der Waals surface area contributed by atoms with Gasteiger partial charge in [0.25, 0.3) is 0 Å². The number of hydrogen-bond donors (Lipinski definition) is 0. The molecule has 0 bridgehead atoms. The Hall–Kier alpha value is -0.0300. The van der Waals surface area contributed by atoms with Gasteiger partial charge in [0, 0.05) is 12.7 Å². The van der Waals surface area contributed by atoms with Gasteiger partial charge < -0.3 is 0 Å². The van der Waals surface area contributed by atoms with Crippen LogP contribution < -0.4 is 0 Å². The SMILES string of the molecule is CC(C)CSCC(=O)CCCS(C)(=O)=O. The third-order valence-electron chi connectivity index (χ3n) is 1.68. The van der Waals surface area contributed by atoms with Crippen molar-refractivity contribution < 1.29 is 13.2 Å². The smallest absolute Gasteiger partial charge is 0.147 e. The second kappa shape index (κ2) is 7.28. The van der Waals surface area contributed by atoms with Crippen LogP contribution in [0.2, 0.25) is 0 Å². The lowest BCUT2D eigenvalue weighted by Crippen LogP contribution is -2.08. The number of carbonyl (C=O) groups excluding carboxylic acids is 1. The van der Waals surface area contributed by atoms with Crippen LogP contribution in [0.3, 0.4) is 0 Å². The first-order valence-corrected chi connectivity index (χ1v) is 8.30. The standard InChI is InChI=1S/C10H20O3S2/c1-9(2)7-14-8-10(11)5-4-6-15(3,12)13/h9H,4-8H2,1-3H3. The van der Waals surface area contributed by atoms with Gasteiger partial charge in [-0.05, 0) is 18.1 Å². The van der Waals surface area contributed by atoms with E-state index in [2.05, 4.69) is 13.8 Å². The van der Waals surface area contributed by atoms with Gasteiger partial charge in [-0.25, -0.2) is 8.42 Å². The van der Waals surface area contributed by atoms with E-state index in [1.807, 2.05) is 0 Å². The number of Topliss-reactive ketones (excluding diaryl/α,β-unsaturated/α-hetero) is 1. The van der Waals surface area contributed by atoms with Gasteiger partial charge in [-0.2, -0.15) is 11.8 Å². The van der Waals surface area contributed by atoms with Crippen molar-refractivity contribution >= 4 is 27.4 Å². The van der Waals surface area contributed by atoms with E-state index in [0.717, 1.165) is 5.75 Å². The first-order chi connectivity index (χ1) is 6.81. The maximum absolute atomic E-state index is 11.3. The fourth-order valence-corrected chi connectivity index (χ4v) is 2.64. The Labute approximate surface area is 96.9 Å². The molecule has 0 N–H and O–H groups in total. The molecule has 5 heteroatoms. The summed E-state index contributed by atoms with van der Waals surface area (Å²) in [7, 11) is -2.91. The summed E-state index contributed by atoms with van der Waals surface area (Å²) in [6.45, 7) is 4.22. The number of sulfone groups is 1. The second-order valence-electron chi connectivity index (χ2n) is 4.18. The molecule has 0 spiro atoms. The molecular formula is C10H20O3S2. The summed E-state index contributed by atoms with van der Waals surface area (Å²) < 4.78 is 21.6. The van der Waals surface area contributed by atoms with Crippen molar-refractivity contribution in [3.63, 3.8) is 0 Å². The lowest BCUT2D eigenvalue weighted by atomic mass is 10.2. The fraction of sp³-hybridized carbons (Fsp3) is 0.900. The molecule has 90 valence electrons. The van der Waals surface area contributed by atoms with Crippen molar-refractivity contribution in [1.82, 2.24) is 0 Å². The largest absolute Gasteiger partial charge is 0.299 e. The third kappa shape index (κ3) is 11.9. The molecule has 0 heterocycles. The van der Waals surface area contributed by atoms with Gasteiger partial charge in [0.05, 0.1) is 11.5 Å². The fourth-order valence-electron chi connectivity index (χ4n) is 1.01. The van der Waals surface area contributed by atoms with Crippen molar-refractivity contribution in [3.8, 4) is 0 Å². The summed E-state index contributed by atoms with van der Waals surface area (Å²) in [4.78, 5) is 11.3. The quantitative estimate of drug-likeness (QED) is 0.660. The molecule has 0 aromatic carbocycles. The summed E-state index contributed by atoms with van der Waals surface area (Å²) >= 11 is 1.63. The molecule has 0 fully saturated rings. The van der Waals surface area contributed by atoms with Gasteiger partial charge >= 0.3 is 0 Å². The molecule has 0 unspecified atom stereocenters. The van der Waals surface area contributed by atoms with E-state index in [9.17, 15) is 13.2 Å². The predicted octanol–water partition coefficient (Wildman–Crippen LogP) is 1.77. The Morgan fingerprint density at radius 2 is 1.93 bits per heavy atom. The Morgan fingerprint density at radius 1 is 1.33 bits per heavy atom. The highest BCUT2D eigenvalue weighted by molar-refractivity contribution is 7.99. The predicted molar refractivity (Wildman–Crippen MR) is 66.1 cm³/mol. The molecule has 0 aromatic heterocycles. The minimum Gasteiger partial charge on any atom is -0.299 e. The summed E-state index contributed by atoms with van der Waals surface area (Å²) in [5.74, 6) is 2.37. The minimum absolute atomic E-state index is 0.119. The molecule has 0 saturated heterocycles. The number of thioether (sulfide) groups is 1. The van der Waals surface area contributed by atoms with Crippen molar-refractivity contribution in [1.29, 1.82) is 0 Å². The van der Waals surface area contributed by atoms with Crippen LogP contribution in [0.5, 0.6) is 0 Å². The summed E-state index contributed by atoms with van der Waals surface area (Å²) in [5, 5.41) is 0. The van der Waals surface area contributed by atoms with E-state index in [4.69, 9.17) is 0 Å². The van der Waals surface area contributed by atoms with Crippen LogP contribution in [0.4, 0.5) is 0 Å². The van der Waals surface area contributed by atoms with Gasteiger partial charge in [0.2, 0.25) is 0 Å². The van der Waals surface area contributed by atoms with E-state index < -0.39 is 9.84 Å². The van der Waals surface area contributed by atoms with Gasteiger partial charge in [0.1, 0.15) is 15.6 Å². The van der Waals surface area contributed by atoms with Crippen LogP contribution in [0.1, 0.15) is 26.7 Å². The van der Waals surface area contributed by atoms with E-state index in [-0.39, 0.29) is 11.5 Å².